The van der Waals surface area contributed by atoms with Crippen LogP contribution in [0, 0.1) is 23.1 Å². The maximum absolute atomic E-state index is 13.8. The van der Waals surface area contributed by atoms with Crippen LogP contribution < -0.4 is 10.1 Å². The van der Waals surface area contributed by atoms with Crippen molar-refractivity contribution < 1.29 is 9.13 Å². The average Bonchev–Trinajstić information content (AvgIpc) is 2.66. The van der Waals surface area contributed by atoms with Crippen LogP contribution in [0.3, 0.4) is 0 Å². The summed E-state index contributed by atoms with van der Waals surface area (Å²) in [7, 11) is 1.56. The lowest BCUT2D eigenvalue weighted by molar-refractivity contribution is 0.413. The van der Waals surface area contributed by atoms with E-state index in [9.17, 15) is 9.65 Å². The number of anilines is 1. The Balaban J connectivity index is 2.16. The molecular weight excluding hydrogens is 243 g/mol. The van der Waals surface area contributed by atoms with Gasteiger partial charge in [-0.25, -0.2) is 4.39 Å². The van der Waals surface area contributed by atoms with Crippen LogP contribution in [0.1, 0.15) is 32.1 Å². The average molecular weight is 262 g/mol. The zero-order valence-electron chi connectivity index (χ0n) is 11.2. The highest BCUT2D eigenvalue weighted by molar-refractivity contribution is 5.50. The van der Waals surface area contributed by atoms with Gasteiger partial charge in [-0.1, -0.05) is 19.3 Å². The molecule has 3 nitrogen and oxygen atoms in total. The summed E-state index contributed by atoms with van der Waals surface area (Å²) in [6, 6.07) is 7.00. The number of nitrogens with one attached hydrogen (secondary N) is 1. The van der Waals surface area contributed by atoms with E-state index < -0.39 is 0 Å². The van der Waals surface area contributed by atoms with Crippen molar-refractivity contribution in [3.05, 3.63) is 24.0 Å². The van der Waals surface area contributed by atoms with Gasteiger partial charge in [0.2, 0.25) is 0 Å². The summed E-state index contributed by atoms with van der Waals surface area (Å²) in [6.07, 6.45) is 5.12. The smallest absolute Gasteiger partial charge is 0.146 e. The first-order valence-corrected chi connectivity index (χ1v) is 6.74. The minimum Gasteiger partial charge on any atom is -0.497 e. The molecule has 0 aliphatic heterocycles. The van der Waals surface area contributed by atoms with Crippen LogP contribution in [0.2, 0.25) is 0 Å². The fourth-order valence-corrected chi connectivity index (χ4v) is 2.58. The summed E-state index contributed by atoms with van der Waals surface area (Å²) in [6.45, 7) is 0. The summed E-state index contributed by atoms with van der Waals surface area (Å²) in [5.74, 6) is 0.265. The Morgan fingerprint density at radius 2 is 2.11 bits per heavy atom. The standard InChI is InChI=1S/C15H19FN2O/c1-19-12-7-8-13(16)15(9-12)18-14-6-4-2-3-5-11(14)10-17/h7-9,11,14,18H,2-6H2,1H3. The van der Waals surface area contributed by atoms with E-state index >= 15 is 0 Å². The molecule has 0 spiro atoms. The molecule has 1 aliphatic rings. The molecule has 2 unspecified atom stereocenters. The van der Waals surface area contributed by atoms with Gasteiger partial charge < -0.3 is 10.1 Å². The van der Waals surface area contributed by atoms with E-state index in [4.69, 9.17) is 4.74 Å². The number of nitrogens with zero attached hydrogens (tertiary/aromatic N) is 1. The molecule has 19 heavy (non-hydrogen) atoms. The lowest BCUT2D eigenvalue weighted by atomic mass is 9.96. The fraction of sp³-hybridized carbons (Fsp3) is 0.533. The van der Waals surface area contributed by atoms with E-state index in [1.54, 1.807) is 19.2 Å². The molecule has 0 bridgehead atoms. The lowest BCUT2D eigenvalue weighted by Gasteiger charge is -2.22. The molecule has 4 heteroatoms. The van der Waals surface area contributed by atoms with Gasteiger partial charge in [0.25, 0.3) is 0 Å². The zero-order valence-corrected chi connectivity index (χ0v) is 11.2. The molecule has 1 saturated carbocycles. The van der Waals surface area contributed by atoms with Gasteiger partial charge in [0.05, 0.1) is 24.8 Å². The van der Waals surface area contributed by atoms with Crippen LogP contribution in [0.4, 0.5) is 10.1 Å². The Labute approximate surface area is 113 Å². The Morgan fingerprint density at radius 1 is 1.32 bits per heavy atom. The van der Waals surface area contributed by atoms with Crippen molar-refractivity contribution in [2.24, 2.45) is 5.92 Å². The Kier molecular flexibility index (Phi) is 4.62. The molecule has 1 fully saturated rings. The number of hydrogen-bond acceptors (Lipinski definition) is 3. The third kappa shape index (κ3) is 3.37. The molecule has 0 amide bonds. The second-order valence-electron chi connectivity index (χ2n) is 4.97. The molecule has 0 radical (unpaired) electrons. The van der Waals surface area contributed by atoms with E-state index in [2.05, 4.69) is 11.4 Å². The molecule has 0 heterocycles. The van der Waals surface area contributed by atoms with Gasteiger partial charge >= 0.3 is 0 Å². The highest BCUT2D eigenvalue weighted by atomic mass is 19.1. The van der Waals surface area contributed by atoms with Gasteiger partial charge in [-0.3, -0.25) is 0 Å². The number of methoxy groups -OCH3 is 1. The first-order chi connectivity index (χ1) is 9.24. The van der Waals surface area contributed by atoms with E-state index in [1.807, 2.05) is 0 Å². The van der Waals surface area contributed by atoms with Gasteiger partial charge in [-0.05, 0) is 25.0 Å². The van der Waals surface area contributed by atoms with Crippen LogP contribution in [-0.4, -0.2) is 13.2 Å². The Hall–Kier alpha value is -1.76. The summed E-state index contributed by atoms with van der Waals surface area (Å²) in [5, 5.41) is 12.4. The third-order valence-electron chi connectivity index (χ3n) is 3.70. The molecule has 1 aromatic carbocycles. The molecule has 1 aromatic rings. The number of halogens is 1. The molecule has 0 aromatic heterocycles. The van der Waals surface area contributed by atoms with Crippen LogP contribution in [0.25, 0.3) is 0 Å². The van der Waals surface area contributed by atoms with Crippen molar-refractivity contribution in [1.29, 1.82) is 5.26 Å². The van der Waals surface area contributed by atoms with Crippen LogP contribution in [0.5, 0.6) is 5.75 Å². The molecule has 1 N–H and O–H groups in total. The summed E-state index contributed by atoms with van der Waals surface area (Å²) in [4.78, 5) is 0. The van der Waals surface area contributed by atoms with E-state index in [-0.39, 0.29) is 17.8 Å². The first-order valence-electron chi connectivity index (χ1n) is 6.74. The molecule has 1 aliphatic carbocycles. The molecule has 0 saturated heterocycles. The normalized spacial score (nSPS) is 23.2. The third-order valence-corrected chi connectivity index (χ3v) is 3.70. The van der Waals surface area contributed by atoms with E-state index in [0.717, 1.165) is 32.1 Å². The number of hydrogen-bond donors (Lipinski definition) is 1. The van der Waals surface area contributed by atoms with Crippen molar-refractivity contribution in [2.75, 3.05) is 12.4 Å². The number of benzene rings is 1. The van der Waals surface area contributed by atoms with Crippen LogP contribution in [0.15, 0.2) is 18.2 Å². The summed E-state index contributed by atoms with van der Waals surface area (Å²) < 4.78 is 18.9. The quantitative estimate of drug-likeness (QED) is 0.844. The molecular formula is C15H19FN2O. The second kappa shape index (κ2) is 6.42. The first kappa shape index (κ1) is 13.7. The number of nitriles is 1. The van der Waals surface area contributed by atoms with Crippen molar-refractivity contribution in [3.63, 3.8) is 0 Å². The Morgan fingerprint density at radius 3 is 2.84 bits per heavy atom. The van der Waals surface area contributed by atoms with Crippen LogP contribution in [-0.2, 0) is 0 Å². The number of rotatable bonds is 3. The van der Waals surface area contributed by atoms with Crippen molar-refractivity contribution in [1.82, 2.24) is 0 Å². The number of ether oxygens (including phenoxy) is 1. The predicted molar refractivity (Wildman–Crippen MR) is 72.6 cm³/mol. The summed E-state index contributed by atoms with van der Waals surface area (Å²) in [5.41, 5.74) is 0.423. The minimum atomic E-state index is -0.304. The lowest BCUT2D eigenvalue weighted by Crippen LogP contribution is -2.27. The Bertz CT molecular complexity index is 470. The molecule has 2 rings (SSSR count). The van der Waals surface area contributed by atoms with Crippen molar-refractivity contribution in [2.45, 2.75) is 38.1 Å². The van der Waals surface area contributed by atoms with Crippen molar-refractivity contribution >= 4 is 5.69 Å². The van der Waals surface area contributed by atoms with Gasteiger partial charge in [-0.15, -0.1) is 0 Å². The highest BCUT2D eigenvalue weighted by Gasteiger charge is 2.24. The SMILES string of the molecule is COc1ccc(F)c(NC2CCCCCC2C#N)c1. The van der Waals surface area contributed by atoms with E-state index in [1.165, 1.54) is 6.07 Å². The second-order valence-corrected chi connectivity index (χ2v) is 4.97. The van der Waals surface area contributed by atoms with Gasteiger partial charge in [0.15, 0.2) is 0 Å². The predicted octanol–water partition coefficient (Wildman–Crippen LogP) is 3.72. The minimum absolute atomic E-state index is 0.0223. The topological polar surface area (TPSA) is 45.0 Å². The monoisotopic (exact) mass is 262 g/mol. The zero-order chi connectivity index (χ0) is 13.7. The largest absolute Gasteiger partial charge is 0.497 e. The molecule has 102 valence electrons. The van der Waals surface area contributed by atoms with Gasteiger partial charge in [0.1, 0.15) is 11.6 Å². The molecule has 2 atom stereocenters. The van der Waals surface area contributed by atoms with Gasteiger partial charge in [-0.2, -0.15) is 5.26 Å². The maximum atomic E-state index is 13.8. The van der Waals surface area contributed by atoms with Crippen LogP contribution >= 0.6 is 0 Å². The highest BCUT2D eigenvalue weighted by Crippen LogP contribution is 2.28. The van der Waals surface area contributed by atoms with E-state index in [0.29, 0.717) is 11.4 Å². The summed E-state index contributed by atoms with van der Waals surface area (Å²) >= 11 is 0. The maximum Gasteiger partial charge on any atom is 0.146 e. The van der Waals surface area contributed by atoms with Gasteiger partial charge in [0, 0.05) is 12.1 Å². The van der Waals surface area contributed by atoms with Crippen molar-refractivity contribution in [3.8, 4) is 11.8 Å². The fourth-order valence-electron chi connectivity index (χ4n) is 2.58.